The Hall–Kier alpha value is -2.21. The van der Waals surface area contributed by atoms with Gasteiger partial charge in [0.05, 0.1) is 6.54 Å². The highest BCUT2D eigenvalue weighted by atomic mass is 32.1. The van der Waals surface area contributed by atoms with E-state index in [9.17, 15) is 14.0 Å². The first-order valence-corrected chi connectivity index (χ1v) is 13.2. The van der Waals surface area contributed by atoms with E-state index in [-0.39, 0.29) is 36.1 Å². The van der Waals surface area contributed by atoms with Crippen LogP contribution in [-0.4, -0.2) is 34.2 Å². The molecule has 0 unspecified atom stereocenters. The molecule has 2 saturated carbocycles. The van der Waals surface area contributed by atoms with E-state index in [1.54, 1.807) is 23.5 Å². The van der Waals surface area contributed by atoms with E-state index in [0.29, 0.717) is 13.1 Å². The van der Waals surface area contributed by atoms with Crippen molar-refractivity contribution in [1.82, 2.24) is 9.80 Å². The van der Waals surface area contributed by atoms with Crippen LogP contribution >= 0.6 is 11.3 Å². The van der Waals surface area contributed by atoms with Gasteiger partial charge in [0.1, 0.15) is 12.4 Å². The number of benzene rings is 1. The Kier molecular flexibility index (Phi) is 8.18. The van der Waals surface area contributed by atoms with Crippen LogP contribution in [0.1, 0.15) is 73.8 Å². The first-order chi connectivity index (χ1) is 16.0. The minimum atomic E-state index is -0.281. The van der Waals surface area contributed by atoms with Gasteiger partial charge in [0, 0.05) is 23.4 Å². The van der Waals surface area contributed by atoms with Crippen LogP contribution in [0.3, 0.4) is 0 Å². The van der Waals surface area contributed by atoms with Crippen LogP contribution in [0.2, 0.25) is 0 Å². The summed E-state index contributed by atoms with van der Waals surface area (Å²) in [6.45, 7) is 3.12. The van der Waals surface area contributed by atoms with Crippen LogP contribution in [0, 0.1) is 18.7 Å². The topological polar surface area (TPSA) is 40.6 Å². The molecule has 2 amide bonds. The highest BCUT2D eigenvalue weighted by Gasteiger charge is 2.34. The van der Waals surface area contributed by atoms with Crippen molar-refractivity contribution < 1.29 is 14.0 Å². The third-order valence-corrected chi connectivity index (χ3v) is 8.26. The monoisotopic (exact) mass is 470 g/mol. The summed E-state index contributed by atoms with van der Waals surface area (Å²) in [4.78, 5) is 32.1. The number of hydrogen-bond donors (Lipinski definition) is 0. The molecule has 0 N–H and O–H groups in total. The van der Waals surface area contributed by atoms with Crippen molar-refractivity contribution in [2.45, 2.75) is 83.8 Å². The zero-order valence-electron chi connectivity index (χ0n) is 19.6. The van der Waals surface area contributed by atoms with E-state index >= 15 is 0 Å². The normalized spacial score (nSPS) is 17.3. The van der Waals surface area contributed by atoms with E-state index in [2.05, 4.69) is 13.0 Å². The van der Waals surface area contributed by atoms with Crippen molar-refractivity contribution in [3.05, 3.63) is 57.5 Å². The van der Waals surface area contributed by atoms with Crippen molar-refractivity contribution in [3.8, 4) is 0 Å². The maximum absolute atomic E-state index is 13.7. The highest BCUT2D eigenvalue weighted by molar-refractivity contribution is 7.10. The van der Waals surface area contributed by atoms with Crippen molar-refractivity contribution in [2.24, 2.45) is 5.92 Å². The number of amides is 2. The molecule has 1 heterocycles. The number of hydrogen-bond acceptors (Lipinski definition) is 3. The summed E-state index contributed by atoms with van der Waals surface area (Å²) in [6, 6.07) is 8.59. The standard InChI is InChI=1S/C27H35FN2O2S/c1-20-15-16-33-25(20)18-29(17-21-11-13-23(28)14-12-21)26(31)19-30(24-9-3-2-4-10-24)27(32)22-7-5-6-8-22/h11-16,22,24H,2-10,17-19H2,1H3. The molecular weight excluding hydrogens is 435 g/mol. The van der Waals surface area contributed by atoms with E-state index in [4.69, 9.17) is 0 Å². The van der Waals surface area contributed by atoms with Gasteiger partial charge >= 0.3 is 0 Å². The molecule has 0 aliphatic heterocycles. The van der Waals surface area contributed by atoms with Crippen LogP contribution in [0.5, 0.6) is 0 Å². The molecule has 2 aromatic rings. The van der Waals surface area contributed by atoms with Gasteiger partial charge in [-0.25, -0.2) is 4.39 Å². The summed E-state index contributed by atoms with van der Waals surface area (Å²) in [5, 5.41) is 2.04. The second-order valence-corrected chi connectivity index (χ2v) is 10.6. The molecule has 2 aliphatic rings. The molecule has 33 heavy (non-hydrogen) atoms. The summed E-state index contributed by atoms with van der Waals surface area (Å²) in [6.07, 6.45) is 9.57. The lowest BCUT2D eigenvalue weighted by Crippen LogP contribution is -2.49. The third-order valence-electron chi connectivity index (χ3n) is 7.25. The second-order valence-electron chi connectivity index (χ2n) is 9.64. The van der Waals surface area contributed by atoms with Crippen molar-refractivity contribution >= 4 is 23.2 Å². The number of halogens is 1. The highest BCUT2D eigenvalue weighted by Crippen LogP contribution is 2.30. The fraction of sp³-hybridized carbons (Fsp3) is 0.556. The second kappa shape index (κ2) is 11.3. The third kappa shape index (κ3) is 6.23. The Balaban J connectivity index is 1.54. The minimum Gasteiger partial charge on any atom is -0.332 e. The molecule has 2 fully saturated rings. The van der Waals surface area contributed by atoms with E-state index in [1.807, 2.05) is 15.2 Å². The molecular formula is C27H35FN2O2S. The van der Waals surface area contributed by atoms with Gasteiger partial charge in [0.15, 0.2) is 0 Å². The summed E-state index contributed by atoms with van der Waals surface area (Å²) in [7, 11) is 0. The fourth-order valence-electron chi connectivity index (χ4n) is 5.21. The van der Waals surface area contributed by atoms with Crippen LogP contribution in [0.25, 0.3) is 0 Å². The van der Waals surface area contributed by atoms with Crippen molar-refractivity contribution in [3.63, 3.8) is 0 Å². The molecule has 0 radical (unpaired) electrons. The molecule has 1 aromatic carbocycles. The van der Waals surface area contributed by atoms with E-state index in [1.165, 1.54) is 24.1 Å². The maximum Gasteiger partial charge on any atom is 0.242 e. The quantitative estimate of drug-likeness (QED) is 0.469. The Bertz CT molecular complexity index is 930. The van der Waals surface area contributed by atoms with Gasteiger partial charge in [-0.2, -0.15) is 0 Å². The van der Waals surface area contributed by atoms with Crippen LogP contribution in [0.4, 0.5) is 4.39 Å². The number of nitrogens with zero attached hydrogens (tertiary/aromatic N) is 2. The lowest BCUT2D eigenvalue weighted by atomic mass is 9.92. The molecule has 178 valence electrons. The Morgan fingerprint density at radius 3 is 2.24 bits per heavy atom. The van der Waals surface area contributed by atoms with Crippen LogP contribution in [0.15, 0.2) is 35.7 Å². The molecule has 2 aliphatic carbocycles. The van der Waals surface area contributed by atoms with E-state index in [0.717, 1.165) is 61.8 Å². The molecule has 0 bridgehead atoms. The number of thiophene rings is 1. The predicted molar refractivity (Wildman–Crippen MR) is 130 cm³/mol. The number of rotatable bonds is 8. The van der Waals surface area contributed by atoms with E-state index < -0.39 is 0 Å². The summed E-state index contributed by atoms with van der Waals surface area (Å²) < 4.78 is 13.4. The van der Waals surface area contributed by atoms with Gasteiger partial charge in [-0.1, -0.05) is 44.2 Å². The molecule has 0 atom stereocenters. The lowest BCUT2D eigenvalue weighted by Gasteiger charge is -2.37. The summed E-state index contributed by atoms with van der Waals surface area (Å²) in [5.41, 5.74) is 2.06. The Labute approximate surface area is 200 Å². The van der Waals surface area contributed by atoms with Gasteiger partial charge in [0.2, 0.25) is 11.8 Å². The molecule has 1 aromatic heterocycles. The summed E-state index contributed by atoms with van der Waals surface area (Å²) >= 11 is 1.65. The molecule has 4 nitrogen and oxygen atoms in total. The van der Waals surface area contributed by atoms with Gasteiger partial charge in [-0.3, -0.25) is 9.59 Å². The molecule has 4 rings (SSSR count). The number of carbonyl (C=O) groups is 2. The zero-order chi connectivity index (χ0) is 23.2. The average molecular weight is 471 g/mol. The molecule has 0 saturated heterocycles. The lowest BCUT2D eigenvalue weighted by molar-refractivity contribution is -0.146. The molecule has 6 heteroatoms. The smallest absolute Gasteiger partial charge is 0.242 e. The predicted octanol–water partition coefficient (Wildman–Crippen LogP) is 6.08. The fourth-order valence-corrected chi connectivity index (χ4v) is 6.14. The van der Waals surface area contributed by atoms with Gasteiger partial charge in [-0.15, -0.1) is 11.3 Å². The average Bonchev–Trinajstić information content (AvgIpc) is 3.51. The Morgan fingerprint density at radius 2 is 1.61 bits per heavy atom. The minimum absolute atomic E-state index is 0.0240. The van der Waals surface area contributed by atoms with Crippen LogP contribution < -0.4 is 0 Å². The SMILES string of the molecule is Cc1ccsc1CN(Cc1ccc(F)cc1)C(=O)CN(C(=O)C1CCCC1)C1CCCCC1. The Morgan fingerprint density at radius 1 is 0.939 bits per heavy atom. The number of carbonyl (C=O) groups excluding carboxylic acids is 2. The van der Waals surface area contributed by atoms with Crippen molar-refractivity contribution in [1.29, 1.82) is 0 Å². The van der Waals surface area contributed by atoms with Gasteiger partial charge in [0.25, 0.3) is 0 Å². The first-order valence-electron chi connectivity index (χ1n) is 12.4. The maximum atomic E-state index is 13.7. The first kappa shape index (κ1) is 23.9. The van der Waals surface area contributed by atoms with Gasteiger partial charge < -0.3 is 9.80 Å². The molecule has 0 spiro atoms. The summed E-state index contributed by atoms with van der Waals surface area (Å²) in [5.74, 6) is -0.0491. The zero-order valence-corrected chi connectivity index (χ0v) is 20.4. The number of aryl methyl sites for hydroxylation is 1. The van der Waals surface area contributed by atoms with Crippen molar-refractivity contribution in [2.75, 3.05) is 6.54 Å². The largest absolute Gasteiger partial charge is 0.332 e. The van der Waals surface area contributed by atoms with Crippen LogP contribution in [-0.2, 0) is 22.7 Å². The van der Waals surface area contributed by atoms with Gasteiger partial charge in [-0.05, 0) is 67.3 Å².